The lowest BCUT2D eigenvalue weighted by Gasteiger charge is -2.32. The number of aromatic nitrogens is 4. The second-order valence-electron chi connectivity index (χ2n) is 8.23. The molecule has 0 aliphatic carbocycles. The molecule has 0 unspecified atom stereocenters. The number of fused-ring (bicyclic) bond motifs is 1. The van der Waals surface area contributed by atoms with Crippen LogP contribution in [0, 0.1) is 0 Å². The Bertz CT molecular complexity index is 1340. The van der Waals surface area contributed by atoms with Crippen LogP contribution in [0.2, 0.25) is 0 Å². The fourth-order valence-electron chi connectivity index (χ4n) is 4.13. The van der Waals surface area contributed by atoms with Gasteiger partial charge in [-0.3, -0.25) is 4.79 Å². The van der Waals surface area contributed by atoms with E-state index >= 15 is 0 Å². The number of nitrogen functional groups attached to an aromatic ring is 1. The Morgan fingerprint density at radius 2 is 2.03 bits per heavy atom. The van der Waals surface area contributed by atoms with E-state index in [0.717, 1.165) is 12.8 Å². The number of nitrogens with one attached hydrogen (secondary N) is 1. The molecule has 1 amide bonds. The summed E-state index contributed by atoms with van der Waals surface area (Å²) in [5.74, 6) is -1.12. The lowest BCUT2D eigenvalue weighted by atomic mass is 10.1. The Kier molecular flexibility index (Phi) is 7.08. The Morgan fingerprint density at radius 1 is 1.29 bits per heavy atom. The van der Waals surface area contributed by atoms with Gasteiger partial charge in [-0.15, -0.1) is 0 Å². The molecular formula is C22H25F2N7O3S. The average molecular weight is 506 g/mol. The first-order valence-electron chi connectivity index (χ1n) is 10.9. The third kappa shape index (κ3) is 5.46. The number of halogens is 2. The summed E-state index contributed by atoms with van der Waals surface area (Å²) in [6.45, 7) is 4.55. The molecule has 1 atom stereocenters. The topological polar surface area (TPSA) is 136 Å². The summed E-state index contributed by atoms with van der Waals surface area (Å²) in [4.78, 5) is 22.4. The van der Waals surface area contributed by atoms with Gasteiger partial charge in [-0.25, -0.2) is 36.6 Å². The van der Waals surface area contributed by atoms with E-state index in [1.54, 1.807) is 33.8 Å². The molecule has 0 saturated carbocycles. The molecule has 35 heavy (non-hydrogen) atoms. The van der Waals surface area contributed by atoms with Crippen LogP contribution < -0.4 is 10.5 Å². The summed E-state index contributed by atoms with van der Waals surface area (Å²) < 4.78 is 52.1. The highest BCUT2D eigenvalue weighted by Gasteiger charge is 2.28. The number of carbonyl (C=O) groups is 1. The third-order valence-electron chi connectivity index (χ3n) is 5.82. The van der Waals surface area contributed by atoms with Gasteiger partial charge in [0, 0.05) is 25.2 Å². The first-order chi connectivity index (χ1) is 16.7. The molecule has 0 spiro atoms. The third-order valence-corrected chi connectivity index (χ3v) is 7.09. The van der Waals surface area contributed by atoms with Crippen molar-refractivity contribution in [1.82, 2.24) is 29.4 Å². The van der Waals surface area contributed by atoms with Gasteiger partial charge in [-0.1, -0.05) is 30.8 Å². The highest BCUT2D eigenvalue weighted by atomic mass is 32.2. The summed E-state index contributed by atoms with van der Waals surface area (Å²) in [5, 5.41) is 5.36. The summed E-state index contributed by atoms with van der Waals surface area (Å²) in [5.41, 5.74) is 8.57. The normalized spacial score (nSPS) is 16.7. The first-order valence-corrected chi connectivity index (χ1v) is 12.6. The van der Waals surface area contributed by atoms with Crippen LogP contribution in [0.1, 0.15) is 24.4 Å². The lowest BCUT2D eigenvalue weighted by Crippen LogP contribution is -2.40. The number of sulfonamides is 1. The molecule has 3 heterocycles. The maximum atomic E-state index is 12.4. The predicted octanol–water partition coefficient (Wildman–Crippen LogP) is 2.11. The Labute approximate surface area is 200 Å². The highest BCUT2D eigenvalue weighted by molar-refractivity contribution is 7.89. The average Bonchev–Trinajstić information content (AvgIpc) is 3.23. The zero-order valence-corrected chi connectivity index (χ0v) is 19.6. The Balaban J connectivity index is 1.63. The van der Waals surface area contributed by atoms with Crippen molar-refractivity contribution in [3.05, 3.63) is 48.8 Å². The number of rotatable bonds is 8. The van der Waals surface area contributed by atoms with Gasteiger partial charge in [-0.05, 0) is 24.5 Å². The number of nitrogens with two attached hydrogens (primary N) is 1. The minimum atomic E-state index is -4.08. The molecule has 0 bridgehead atoms. The van der Waals surface area contributed by atoms with E-state index < -0.39 is 22.2 Å². The maximum absolute atomic E-state index is 12.4. The van der Waals surface area contributed by atoms with E-state index in [1.165, 1.54) is 12.4 Å². The molecule has 13 heteroatoms. The number of benzene rings is 1. The minimum Gasteiger partial charge on any atom is -0.383 e. The molecule has 3 aromatic rings. The number of hydrogen-bond donors (Lipinski definition) is 2. The Morgan fingerprint density at radius 3 is 2.71 bits per heavy atom. The smallest absolute Gasteiger partial charge is 0.253 e. The van der Waals surface area contributed by atoms with Gasteiger partial charge in [0.25, 0.3) is 6.43 Å². The SMILES string of the molecule is C=CC(=O)N1CCC[C@@H](n2nc(-c3ccc(CNS(=O)(=O)CC(F)F)cc3)c3c(N)ncnc32)C1. The van der Waals surface area contributed by atoms with Gasteiger partial charge in [-0.2, -0.15) is 5.10 Å². The van der Waals surface area contributed by atoms with Crippen molar-refractivity contribution in [2.75, 3.05) is 24.6 Å². The van der Waals surface area contributed by atoms with E-state index in [2.05, 4.69) is 21.3 Å². The molecule has 1 aliphatic heterocycles. The monoisotopic (exact) mass is 505 g/mol. The molecule has 1 saturated heterocycles. The molecule has 10 nitrogen and oxygen atoms in total. The van der Waals surface area contributed by atoms with Crippen LogP contribution in [-0.2, 0) is 21.4 Å². The number of carbonyl (C=O) groups excluding carboxylic acids is 1. The number of anilines is 1. The van der Waals surface area contributed by atoms with Gasteiger partial charge in [0.1, 0.15) is 23.6 Å². The van der Waals surface area contributed by atoms with Gasteiger partial charge < -0.3 is 10.6 Å². The van der Waals surface area contributed by atoms with E-state index in [1.807, 2.05) is 0 Å². The number of hydrogen-bond acceptors (Lipinski definition) is 7. The van der Waals surface area contributed by atoms with Crippen molar-refractivity contribution in [3.63, 3.8) is 0 Å². The maximum Gasteiger partial charge on any atom is 0.253 e. The van der Waals surface area contributed by atoms with Crippen LogP contribution in [0.4, 0.5) is 14.6 Å². The molecule has 1 aromatic carbocycles. The Hall–Kier alpha value is -3.45. The highest BCUT2D eigenvalue weighted by Crippen LogP contribution is 2.33. The molecule has 1 fully saturated rings. The summed E-state index contributed by atoms with van der Waals surface area (Å²) in [6, 6.07) is 6.72. The fourth-order valence-corrected chi connectivity index (χ4v) is 4.97. The second-order valence-corrected chi connectivity index (χ2v) is 10.1. The van der Waals surface area contributed by atoms with Gasteiger partial charge in [0.05, 0.1) is 11.4 Å². The van der Waals surface area contributed by atoms with Gasteiger partial charge in [0.2, 0.25) is 15.9 Å². The molecular weight excluding hydrogens is 480 g/mol. The zero-order valence-electron chi connectivity index (χ0n) is 18.8. The van der Waals surface area contributed by atoms with Crippen LogP contribution in [0.25, 0.3) is 22.3 Å². The summed E-state index contributed by atoms with van der Waals surface area (Å²) in [7, 11) is -4.08. The van der Waals surface area contributed by atoms with Gasteiger partial charge in [0.15, 0.2) is 5.65 Å². The number of alkyl halides is 2. The fraction of sp³-hybridized carbons (Fsp3) is 0.364. The molecule has 3 N–H and O–H groups in total. The van der Waals surface area contributed by atoms with E-state index in [4.69, 9.17) is 10.8 Å². The van der Waals surface area contributed by atoms with Crippen LogP contribution in [0.15, 0.2) is 43.2 Å². The van der Waals surface area contributed by atoms with Crippen molar-refractivity contribution in [2.24, 2.45) is 0 Å². The molecule has 4 rings (SSSR count). The molecule has 1 aliphatic rings. The molecule has 186 valence electrons. The van der Waals surface area contributed by atoms with Crippen LogP contribution in [0.5, 0.6) is 0 Å². The standard InChI is InChI=1S/C22H25F2N7O3S/c1-2-18(32)30-9-3-4-16(11-30)31-22-19(21(25)26-13-27-22)20(29-31)15-7-5-14(6-8-15)10-28-35(33,34)12-17(23)24/h2,5-8,13,16-17,28H,1,3-4,9-12H2,(H2,25,26,27)/t16-/m1/s1. The van der Waals surface area contributed by atoms with Crippen LogP contribution in [0.3, 0.4) is 0 Å². The largest absolute Gasteiger partial charge is 0.383 e. The number of piperidine rings is 1. The quantitative estimate of drug-likeness (QED) is 0.448. The van der Waals surface area contributed by atoms with E-state index in [0.29, 0.717) is 40.9 Å². The van der Waals surface area contributed by atoms with Crippen LogP contribution in [-0.4, -0.2) is 64.2 Å². The minimum absolute atomic E-state index is 0.110. The number of nitrogens with zero attached hydrogens (tertiary/aromatic N) is 5. The molecule has 0 radical (unpaired) electrons. The van der Waals surface area contributed by atoms with Crippen molar-refractivity contribution in [2.45, 2.75) is 31.9 Å². The lowest BCUT2D eigenvalue weighted by molar-refractivity contribution is -0.127. The zero-order chi connectivity index (χ0) is 25.2. The van der Waals surface area contributed by atoms with E-state index in [9.17, 15) is 22.0 Å². The summed E-state index contributed by atoms with van der Waals surface area (Å²) >= 11 is 0. The van der Waals surface area contributed by atoms with Crippen molar-refractivity contribution in [3.8, 4) is 11.3 Å². The van der Waals surface area contributed by atoms with Crippen LogP contribution >= 0.6 is 0 Å². The second kappa shape index (κ2) is 10.0. The van der Waals surface area contributed by atoms with Crippen molar-refractivity contribution in [1.29, 1.82) is 0 Å². The van der Waals surface area contributed by atoms with Crippen molar-refractivity contribution >= 4 is 32.8 Å². The number of likely N-dealkylation sites (tertiary alicyclic amines) is 1. The van der Waals surface area contributed by atoms with Gasteiger partial charge >= 0.3 is 0 Å². The number of amides is 1. The van der Waals surface area contributed by atoms with E-state index in [-0.39, 0.29) is 24.3 Å². The first kappa shape index (κ1) is 24.7. The molecule has 2 aromatic heterocycles. The summed E-state index contributed by atoms with van der Waals surface area (Å²) in [6.07, 6.45) is 1.32. The predicted molar refractivity (Wildman–Crippen MR) is 127 cm³/mol. The van der Waals surface area contributed by atoms with Crippen molar-refractivity contribution < 1.29 is 22.0 Å².